The van der Waals surface area contributed by atoms with E-state index in [1.165, 1.54) is 218 Å². The van der Waals surface area contributed by atoms with Crippen LogP contribution in [0.5, 0.6) is 0 Å². The molecule has 14 heteroatoms. The molecule has 2 saturated heterocycles. The minimum Gasteiger partial charge on any atom is -0.394 e. The molecule has 9 N–H and O–H groups in total. The van der Waals surface area contributed by atoms with E-state index in [0.717, 1.165) is 57.8 Å². The standard InChI is InChI=1S/C65H125NO13/c1-3-5-7-9-11-13-15-17-19-21-23-24-25-26-27-28-29-30-31-32-34-36-38-40-42-44-46-48-54(69)53(66-57(70)49-47-45-43-41-39-37-35-33-22-20-18-16-14-12-10-8-6-4-2)52-76-64-62(75)60(73)63(56(51-68)78-64)79-65-61(74)59(72)58(71)55(50-67)77-65/h20,22,53-56,58-65,67-69,71-75H,3-19,21,23-52H2,1-2H3,(H,66,70)/b22-20-. The molecule has 0 saturated carbocycles. The molecule has 2 aliphatic heterocycles. The maximum Gasteiger partial charge on any atom is 0.220 e. The molecule has 0 aliphatic carbocycles. The lowest BCUT2D eigenvalue weighted by molar-refractivity contribution is -0.359. The third-order valence-electron chi connectivity index (χ3n) is 16.7. The number of carbonyl (C=O) groups excluding carboxylic acids is 1. The lowest BCUT2D eigenvalue weighted by Crippen LogP contribution is -2.65. The van der Waals surface area contributed by atoms with Crippen molar-refractivity contribution < 1.29 is 64.6 Å². The zero-order valence-corrected chi connectivity index (χ0v) is 50.6. The first-order valence-electron chi connectivity index (χ1n) is 33.4. The van der Waals surface area contributed by atoms with E-state index in [1.807, 2.05) is 0 Å². The average Bonchev–Trinajstić information content (AvgIpc) is 3.46. The number of hydrogen-bond donors (Lipinski definition) is 9. The molecule has 12 atom stereocenters. The largest absolute Gasteiger partial charge is 0.394 e. The van der Waals surface area contributed by atoms with Gasteiger partial charge in [-0.2, -0.15) is 0 Å². The van der Waals surface area contributed by atoms with Crippen LogP contribution in [-0.2, 0) is 23.7 Å². The van der Waals surface area contributed by atoms with Gasteiger partial charge in [0.2, 0.25) is 5.91 Å². The molecule has 79 heavy (non-hydrogen) atoms. The van der Waals surface area contributed by atoms with Crippen LogP contribution in [0.4, 0.5) is 0 Å². The van der Waals surface area contributed by atoms with Crippen molar-refractivity contribution in [3.8, 4) is 0 Å². The van der Waals surface area contributed by atoms with E-state index in [-0.39, 0.29) is 12.5 Å². The first kappa shape index (κ1) is 73.8. The number of hydrogen-bond acceptors (Lipinski definition) is 13. The van der Waals surface area contributed by atoms with E-state index in [1.54, 1.807) is 0 Å². The fraction of sp³-hybridized carbons (Fsp3) is 0.954. The average molecular weight is 1130 g/mol. The lowest BCUT2D eigenvalue weighted by atomic mass is 9.97. The summed E-state index contributed by atoms with van der Waals surface area (Å²) in [6.45, 7) is 2.90. The Bertz CT molecular complexity index is 1380. The summed E-state index contributed by atoms with van der Waals surface area (Å²) in [5, 5.41) is 87.5. The molecule has 2 heterocycles. The Kier molecular flexibility index (Phi) is 47.8. The molecule has 468 valence electrons. The normalized spacial score (nSPS) is 24.4. The summed E-state index contributed by atoms with van der Waals surface area (Å²) in [5.74, 6) is -0.206. The Morgan fingerprint density at radius 2 is 0.797 bits per heavy atom. The van der Waals surface area contributed by atoms with Crippen molar-refractivity contribution in [1.29, 1.82) is 0 Å². The Morgan fingerprint density at radius 3 is 1.20 bits per heavy atom. The van der Waals surface area contributed by atoms with Gasteiger partial charge in [-0.15, -0.1) is 0 Å². The smallest absolute Gasteiger partial charge is 0.220 e. The van der Waals surface area contributed by atoms with Gasteiger partial charge in [0.25, 0.3) is 0 Å². The van der Waals surface area contributed by atoms with E-state index >= 15 is 0 Å². The van der Waals surface area contributed by atoms with Gasteiger partial charge in [-0.25, -0.2) is 0 Å². The molecule has 14 nitrogen and oxygen atoms in total. The summed E-state index contributed by atoms with van der Waals surface area (Å²) in [6.07, 6.45) is 43.6. The van der Waals surface area contributed by atoms with Crippen LogP contribution in [0.2, 0.25) is 0 Å². The monoisotopic (exact) mass is 1130 g/mol. The topological polar surface area (TPSA) is 228 Å². The molecule has 0 bridgehead atoms. The Labute approximate surface area is 482 Å². The van der Waals surface area contributed by atoms with Gasteiger partial charge in [0.05, 0.1) is 32.0 Å². The summed E-state index contributed by atoms with van der Waals surface area (Å²) in [5.41, 5.74) is 0. The summed E-state index contributed by atoms with van der Waals surface area (Å²) < 4.78 is 22.9. The first-order valence-corrected chi connectivity index (χ1v) is 33.4. The molecule has 0 aromatic heterocycles. The van der Waals surface area contributed by atoms with Crippen LogP contribution in [0.3, 0.4) is 0 Å². The number of carbonyl (C=O) groups is 1. The predicted octanol–water partition coefficient (Wildman–Crippen LogP) is 12.6. The van der Waals surface area contributed by atoms with Crippen LogP contribution >= 0.6 is 0 Å². The van der Waals surface area contributed by atoms with E-state index in [4.69, 9.17) is 18.9 Å². The molecular weight excluding hydrogens is 1000 g/mol. The van der Waals surface area contributed by atoms with Gasteiger partial charge in [0.15, 0.2) is 12.6 Å². The SMILES string of the molecule is CCCCCCCCC/C=C\CCCCCCCCCC(=O)NC(COC1OC(CO)C(OC2OC(CO)C(O)C(O)C2O)C(O)C1O)C(O)CCCCCCCCCCCCCCCCCCCCCCCCCCCCC. The number of unbranched alkanes of at least 4 members (excludes halogenated alkanes) is 40. The van der Waals surface area contributed by atoms with Gasteiger partial charge in [-0.3, -0.25) is 4.79 Å². The highest BCUT2D eigenvalue weighted by molar-refractivity contribution is 5.76. The zero-order chi connectivity index (χ0) is 57.4. The Morgan fingerprint density at radius 1 is 0.443 bits per heavy atom. The van der Waals surface area contributed by atoms with Crippen molar-refractivity contribution in [3.63, 3.8) is 0 Å². The molecular formula is C65H125NO13. The fourth-order valence-electron chi connectivity index (χ4n) is 11.4. The molecule has 0 spiro atoms. The number of amides is 1. The van der Waals surface area contributed by atoms with Gasteiger partial charge in [-0.05, 0) is 38.5 Å². The Hall–Kier alpha value is -1.27. The summed E-state index contributed by atoms with van der Waals surface area (Å²) in [4.78, 5) is 13.3. The van der Waals surface area contributed by atoms with Crippen LogP contribution < -0.4 is 5.32 Å². The molecule has 1 amide bonds. The van der Waals surface area contributed by atoms with Crippen molar-refractivity contribution in [2.45, 2.75) is 376 Å². The van der Waals surface area contributed by atoms with E-state index in [2.05, 4.69) is 31.3 Å². The number of ether oxygens (including phenoxy) is 4. The first-order chi connectivity index (χ1) is 38.6. The summed E-state index contributed by atoms with van der Waals surface area (Å²) >= 11 is 0. The molecule has 2 fully saturated rings. The predicted molar refractivity (Wildman–Crippen MR) is 319 cm³/mol. The van der Waals surface area contributed by atoms with Gasteiger partial charge >= 0.3 is 0 Å². The summed E-state index contributed by atoms with van der Waals surface area (Å²) in [6, 6.07) is -0.829. The van der Waals surface area contributed by atoms with Crippen LogP contribution in [-0.4, -0.2) is 140 Å². The third-order valence-corrected chi connectivity index (χ3v) is 16.7. The molecule has 12 unspecified atom stereocenters. The lowest BCUT2D eigenvalue weighted by Gasteiger charge is -2.46. The number of rotatable bonds is 55. The molecule has 0 aromatic rings. The van der Waals surface area contributed by atoms with Crippen LogP contribution in [0.15, 0.2) is 12.2 Å². The highest BCUT2D eigenvalue weighted by Crippen LogP contribution is 2.30. The third kappa shape index (κ3) is 36.2. The highest BCUT2D eigenvalue weighted by Gasteiger charge is 2.51. The second-order valence-electron chi connectivity index (χ2n) is 24.0. The molecule has 2 rings (SSSR count). The van der Waals surface area contributed by atoms with Crippen LogP contribution in [0, 0.1) is 0 Å². The molecule has 2 aliphatic rings. The van der Waals surface area contributed by atoms with Crippen molar-refractivity contribution in [2.24, 2.45) is 0 Å². The van der Waals surface area contributed by atoms with Crippen molar-refractivity contribution in [3.05, 3.63) is 12.2 Å². The van der Waals surface area contributed by atoms with Crippen molar-refractivity contribution in [1.82, 2.24) is 5.32 Å². The van der Waals surface area contributed by atoms with E-state index in [0.29, 0.717) is 12.8 Å². The zero-order valence-electron chi connectivity index (χ0n) is 50.6. The minimum atomic E-state index is -1.78. The minimum absolute atomic E-state index is 0.206. The number of aliphatic hydroxyl groups excluding tert-OH is 8. The number of nitrogens with one attached hydrogen (secondary N) is 1. The highest BCUT2D eigenvalue weighted by atomic mass is 16.7. The maximum atomic E-state index is 13.3. The van der Waals surface area contributed by atoms with Gasteiger partial charge in [-0.1, -0.05) is 270 Å². The number of allylic oxidation sites excluding steroid dienone is 2. The maximum absolute atomic E-state index is 13.3. The second kappa shape index (κ2) is 51.2. The van der Waals surface area contributed by atoms with Crippen molar-refractivity contribution in [2.75, 3.05) is 19.8 Å². The van der Waals surface area contributed by atoms with E-state index < -0.39 is 86.8 Å². The van der Waals surface area contributed by atoms with Gasteiger partial charge < -0.3 is 65.1 Å². The van der Waals surface area contributed by atoms with Crippen LogP contribution in [0.1, 0.15) is 303 Å². The van der Waals surface area contributed by atoms with Gasteiger partial charge in [0, 0.05) is 6.42 Å². The van der Waals surface area contributed by atoms with Crippen LogP contribution in [0.25, 0.3) is 0 Å². The second-order valence-corrected chi connectivity index (χ2v) is 24.0. The van der Waals surface area contributed by atoms with Crippen molar-refractivity contribution >= 4 is 5.91 Å². The quantitative estimate of drug-likeness (QED) is 0.0204. The summed E-state index contributed by atoms with van der Waals surface area (Å²) in [7, 11) is 0. The molecule has 0 radical (unpaired) electrons. The Balaban J connectivity index is 1.68. The number of aliphatic hydroxyl groups is 8. The molecule has 0 aromatic carbocycles. The van der Waals surface area contributed by atoms with E-state index in [9.17, 15) is 45.6 Å². The fourth-order valence-corrected chi connectivity index (χ4v) is 11.4. The van der Waals surface area contributed by atoms with Gasteiger partial charge in [0.1, 0.15) is 48.8 Å².